The molecule has 10 aromatic rings. The predicted molar refractivity (Wildman–Crippen MR) is 192 cm³/mol. The van der Waals surface area contributed by atoms with E-state index in [4.69, 9.17) is 14.0 Å². The van der Waals surface area contributed by atoms with Crippen LogP contribution in [0.15, 0.2) is 162 Å². The highest BCUT2D eigenvalue weighted by Gasteiger charge is 2.19. The fourth-order valence-corrected chi connectivity index (χ4v) is 6.99. The molecule has 1 heteroatoms. The van der Waals surface area contributed by atoms with E-state index >= 15 is 0 Å². The van der Waals surface area contributed by atoms with E-state index in [9.17, 15) is 2.74 Å². The molecular formula is C44H26O. The summed E-state index contributed by atoms with van der Waals surface area (Å²) in [6, 6.07) is 30.0. The van der Waals surface area contributed by atoms with Gasteiger partial charge in [-0.05, 0) is 88.9 Å². The molecule has 0 saturated heterocycles. The SMILES string of the molecule is [2H]c1c([2H])c([2H])c2c(c1[2H])c([2H])c([2H])c1c(-c3c4ccccc4c(-c4ccc5c(c4)oc4c6ccccc6ccc54)c4ccccc34)c([2H])c([2H])c([2H])c12. The van der Waals surface area contributed by atoms with Gasteiger partial charge >= 0.3 is 0 Å². The topological polar surface area (TPSA) is 13.1 Å². The van der Waals surface area contributed by atoms with Crippen LogP contribution >= 0.6 is 0 Å². The van der Waals surface area contributed by atoms with E-state index in [2.05, 4.69) is 36.4 Å². The standard InChI is InChI=1S/C44H26O/c1-3-12-30-27(10-1)20-23-33-32(30)18-9-19-35(33)43-38-16-7-5-14-36(38)42(37-15-6-8-17-39(37)43)29-22-24-34-40-25-21-28-11-2-4-13-31(28)44(40)45-41(34)26-29/h1-26H/i1D,3D,9D,10D,12D,18D,19D,20D,23D. The lowest BCUT2D eigenvalue weighted by molar-refractivity contribution is 0.673. The summed E-state index contributed by atoms with van der Waals surface area (Å²) in [6.07, 6.45) is 0. The Morgan fingerprint density at radius 1 is 0.400 bits per heavy atom. The fourth-order valence-electron chi connectivity index (χ4n) is 6.99. The molecule has 208 valence electrons. The highest BCUT2D eigenvalue weighted by Crippen LogP contribution is 2.46. The van der Waals surface area contributed by atoms with Crippen LogP contribution in [0, 0.1) is 0 Å². The van der Waals surface area contributed by atoms with Crippen LogP contribution in [0.25, 0.3) is 98.1 Å². The Labute approximate surface area is 272 Å². The summed E-state index contributed by atoms with van der Waals surface area (Å²) in [7, 11) is 0. The van der Waals surface area contributed by atoms with Gasteiger partial charge in [0.1, 0.15) is 11.2 Å². The van der Waals surface area contributed by atoms with Gasteiger partial charge in [-0.15, -0.1) is 0 Å². The molecule has 0 N–H and O–H groups in total. The zero-order valence-corrected chi connectivity index (χ0v) is 23.7. The van der Waals surface area contributed by atoms with Gasteiger partial charge in [0.15, 0.2) is 0 Å². The van der Waals surface area contributed by atoms with Crippen molar-refractivity contribution in [3.63, 3.8) is 0 Å². The third kappa shape index (κ3) is 3.50. The van der Waals surface area contributed by atoms with Crippen LogP contribution in [0.4, 0.5) is 0 Å². The van der Waals surface area contributed by atoms with Gasteiger partial charge in [0, 0.05) is 16.2 Å². The summed E-state index contributed by atoms with van der Waals surface area (Å²) >= 11 is 0. The van der Waals surface area contributed by atoms with Gasteiger partial charge in [-0.2, -0.15) is 0 Å². The van der Waals surface area contributed by atoms with Crippen molar-refractivity contribution in [2.75, 3.05) is 0 Å². The smallest absolute Gasteiger partial charge is 0.143 e. The van der Waals surface area contributed by atoms with Crippen LogP contribution in [0.1, 0.15) is 12.3 Å². The van der Waals surface area contributed by atoms with E-state index in [1.807, 2.05) is 66.7 Å². The summed E-state index contributed by atoms with van der Waals surface area (Å²) in [4.78, 5) is 0. The maximum Gasteiger partial charge on any atom is 0.143 e. The quantitative estimate of drug-likeness (QED) is 0.147. The minimum Gasteiger partial charge on any atom is -0.455 e. The summed E-state index contributed by atoms with van der Waals surface area (Å²) in [5.74, 6) is 0. The molecule has 0 fully saturated rings. The molecular weight excluding hydrogens is 544 g/mol. The molecule has 45 heavy (non-hydrogen) atoms. The molecule has 0 bridgehead atoms. The molecule has 0 aliphatic heterocycles. The van der Waals surface area contributed by atoms with Gasteiger partial charge in [-0.25, -0.2) is 0 Å². The molecule has 0 amide bonds. The van der Waals surface area contributed by atoms with E-state index in [0.717, 1.165) is 65.4 Å². The highest BCUT2D eigenvalue weighted by molar-refractivity contribution is 6.25. The zero-order chi connectivity index (χ0) is 37.3. The second kappa shape index (κ2) is 9.29. The number of hydrogen-bond donors (Lipinski definition) is 0. The average molecular weight is 580 g/mol. The molecule has 1 nitrogen and oxygen atoms in total. The van der Waals surface area contributed by atoms with Crippen LogP contribution in [0.5, 0.6) is 0 Å². The molecule has 0 unspecified atom stereocenters. The van der Waals surface area contributed by atoms with E-state index < -0.39 is 42.3 Å². The van der Waals surface area contributed by atoms with Crippen molar-refractivity contribution in [1.29, 1.82) is 0 Å². The van der Waals surface area contributed by atoms with E-state index in [1.165, 1.54) is 0 Å². The Morgan fingerprint density at radius 3 is 1.87 bits per heavy atom. The van der Waals surface area contributed by atoms with E-state index in [-0.39, 0.29) is 39.2 Å². The average Bonchev–Trinajstić information content (AvgIpc) is 3.57. The predicted octanol–water partition coefficient (Wildman–Crippen LogP) is 12.7. The van der Waals surface area contributed by atoms with Crippen molar-refractivity contribution < 1.29 is 16.8 Å². The number of hydrogen-bond acceptors (Lipinski definition) is 1. The van der Waals surface area contributed by atoms with Crippen LogP contribution in [0.3, 0.4) is 0 Å². The van der Waals surface area contributed by atoms with Crippen molar-refractivity contribution in [2.45, 2.75) is 0 Å². The molecule has 0 aliphatic carbocycles. The first-order valence-corrected chi connectivity index (χ1v) is 14.8. The highest BCUT2D eigenvalue weighted by atomic mass is 16.3. The minimum atomic E-state index is -0.545. The van der Waals surface area contributed by atoms with Gasteiger partial charge in [0.25, 0.3) is 0 Å². The third-order valence-corrected chi connectivity index (χ3v) is 8.96. The second-order valence-electron chi connectivity index (χ2n) is 11.3. The molecule has 9 aromatic carbocycles. The van der Waals surface area contributed by atoms with Crippen LogP contribution in [-0.4, -0.2) is 0 Å². The van der Waals surface area contributed by atoms with E-state index in [1.54, 1.807) is 0 Å². The van der Waals surface area contributed by atoms with Crippen molar-refractivity contribution in [3.8, 4) is 22.3 Å². The molecule has 0 radical (unpaired) electrons. The van der Waals surface area contributed by atoms with Gasteiger partial charge in [0.2, 0.25) is 0 Å². The molecule has 0 saturated carbocycles. The largest absolute Gasteiger partial charge is 0.455 e. The van der Waals surface area contributed by atoms with Gasteiger partial charge < -0.3 is 4.42 Å². The lowest BCUT2D eigenvalue weighted by atomic mass is 9.84. The summed E-state index contributed by atoms with van der Waals surface area (Å²) in [5.41, 5.74) is 4.08. The Hall–Kier alpha value is -5.92. The number of rotatable bonds is 2. The third-order valence-electron chi connectivity index (χ3n) is 8.96. The number of furan rings is 1. The molecule has 0 aliphatic rings. The summed E-state index contributed by atoms with van der Waals surface area (Å²) in [6.45, 7) is 0. The first-order valence-electron chi connectivity index (χ1n) is 19.3. The van der Waals surface area contributed by atoms with Crippen molar-refractivity contribution in [3.05, 3.63) is 158 Å². The zero-order valence-electron chi connectivity index (χ0n) is 32.7. The normalized spacial score (nSPS) is 14.8. The monoisotopic (exact) mass is 579 g/mol. The fraction of sp³-hybridized carbons (Fsp3) is 0. The molecule has 0 spiro atoms. The van der Waals surface area contributed by atoms with Crippen molar-refractivity contribution in [1.82, 2.24) is 0 Å². The van der Waals surface area contributed by atoms with Crippen LogP contribution in [-0.2, 0) is 0 Å². The Balaban J connectivity index is 1.35. The van der Waals surface area contributed by atoms with Crippen molar-refractivity contribution >= 4 is 75.8 Å². The molecule has 1 aromatic heterocycles. The van der Waals surface area contributed by atoms with Gasteiger partial charge in [-0.1, -0.05) is 139 Å². The number of fused-ring (bicyclic) bond motifs is 10. The van der Waals surface area contributed by atoms with Gasteiger partial charge in [-0.3, -0.25) is 0 Å². The lowest BCUT2D eigenvalue weighted by Gasteiger charge is -2.19. The second-order valence-corrected chi connectivity index (χ2v) is 11.3. The van der Waals surface area contributed by atoms with Crippen LogP contribution in [0.2, 0.25) is 0 Å². The summed E-state index contributed by atoms with van der Waals surface area (Å²) < 4.78 is 86.5. The Bertz CT molecular complexity index is 3270. The van der Waals surface area contributed by atoms with Crippen molar-refractivity contribution in [2.24, 2.45) is 0 Å². The Morgan fingerprint density at radius 2 is 1.07 bits per heavy atom. The first kappa shape index (κ1) is 17.4. The summed E-state index contributed by atoms with van der Waals surface area (Å²) in [5, 5.41) is 6.94. The molecule has 0 atom stereocenters. The van der Waals surface area contributed by atoms with Gasteiger partial charge in [0.05, 0.1) is 12.3 Å². The Kier molecular flexibility index (Phi) is 3.59. The lowest BCUT2D eigenvalue weighted by Crippen LogP contribution is -1.91. The number of benzene rings is 9. The molecule has 1 heterocycles. The first-order chi connectivity index (χ1) is 26.1. The van der Waals surface area contributed by atoms with Crippen LogP contribution < -0.4 is 0 Å². The maximum absolute atomic E-state index is 9.36. The van der Waals surface area contributed by atoms with E-state index in [0.29, 0.717) is 5.56 Å². The molecule has 10 rings (SSSR count). The maximum atomic E-state index is 9.36. The minimum absolute atomic E-state index is 0.0301.